The van der Waals surface area contributed by atoms with Crippen LogP contribution in [0.2, 0.25) is 10.0 Å². The summed E-state index contributed by atoms with van der Waals surface area (Å²) in [6, 6.07) is 12.2. The number of hydrogen-bond donors (Lipinski definition) is 2. The minimum Gasteiger partial charge on any atom is -0.496 e. The van der Waals surface area contributed by atoms with Gasteiger partial charge < -0.3 is 19.7 Å². The second kappa shape index (κ2) is 15.8. The van der Waals surface area contributed by atoms with Crippen molar-refractivity contribution >= 4 is 52.7 Å². The molecule has 1 atom stereocenters. The quantitative estimate of drug-likeness (QED) is 0.146. The summed E-state index contributed by atoms with van der Waals surface area (Å²) >= 11 is 13.9. The first-order chi connectivity index (χ1) is 27.4. The fraction of sp³-hybridized carbons (Fsp3) is 0.455. The van der Waals surface area contributed by atoms with Gasteiger partial charge in [-0.2, -0.15) is 0 Å². The zero-order chi connectivity index (χ0) is 40.1. The Morgan fingerprint density at radius 3 is 2.53 bits per heavy atom. The highest BCUT2D eigenvalue weighted by atomic mass is 35.5. The van der Waals surface area contributed by atoms with Gasteiger partial charge in [0.2, 0.25) is 0 Å². The number of pyridine rings is 1. The number of amides is 1. The van der Waals surface area contributed by atoms with Crippen LogP contribution in [0.5, 0.6) is 5.75 Å². The van der Waals surface area contributed by atoms with Crippen LogP contribution >= 0.6 is 23.2 Å². The van der Waals surface area contributed by atoms with E-state index in [1.54, 1.807) is 49.7 Å². The smallest absolute Gasteiger partial charge is 0.309 e. The van der Waals surface area contributed by atoms with Crippen LogP contribution in [0.25, 0.3) is 23.0 Å². The molecule has 8 rings (SSSR count). The number of benzene rings is 2. The van der Waals surface area contributed by atoms with Crippen molar-refractivity contribution in [2.24, 2.45) is 23.8 Å². The number of carbonyl (C=O) groups excluding carboxylic acids is 1. The lowest BCUT2D eigenvalue weighted by Gasteiger charge is -2.32. The molecule has 300 valence electrons. The third-order valence-corrected chi connectivity index (χ3v) is 13.9. The van der Waals surface area contributed by atoms with Gasteiger partial charge >= 0.3 is 5.97 Å². The standard InChI is InChI=1S/C44H49Cl2FN6O4/c1-27-10-17-53(23-27)24-29-22-48-34(21-37(29)57-3)32(47)20-28-6-4-7-30(38(28)45)31-8-5-9-33(39(31)46)50-41(54)40-49-35-25-52(18-11-36(35)51(40)2)19-16-43-12-14-44(26-43,15-13-43)42(55)56/h4-9,20-22,27H,10-19,23-26H2,1-3H3,(H,50,54)(H,55,56)/b32-20-/t27-,43?,44?/m0/s1. The normalized spacial score (nSPS) is 23.5. The number of nitrogens with one attached hydrogen (secondary N) is 1. The van der Waals surface area contributed by atoms with Gasteiger partial charge in [0.25, 0.3) is 5.91 Å². The van der Waals surface area contributed by atoms with Gasteiger partial charge in [0.05, 0.1) is 34.0 Å². The number of carbonyl (C=O) groups is 2. The molecule has 3 fully saturated rings. The van der Waals surface area contributed by atoms with Crippen molar-refractivity contribution in [1.82, 2.24) is 24.3 Å². The number of carboxylic acid groups (broad SMARTS) is 1. The van der Waals surface area contributed by atoms with Crippen molar-refractivity contribution in [1.29, 1.82) is 0 Å². The first kappa shape index (κ1) is 39.5. The maximum atomic E-state index is 15.8. The predicted octanol–water partition coefficient (Wildman–Crippen LogP) is 9.14. The third-order valence-electron chi connectivity index (χ3n) is 13.1. The summed E-state index contributed by atoms with van der Waals surface area (Å²) in [5.41, 5.74) is 4.59. The van der Waals surface area contributed by atoms with Crippen molar-refractivity contribution in [2.75, 3.05) is 38.6 Å². The number of fused-ring (bicyclic) bond motifs is 3. The van der Waals surface area contributed by atoms with Crippen LogP contribution in [0.4, 0.5) is 10.1 Å². The van der Waals surface area contributed by atoms with Crippen LogP contribution in [-0.4, -0.2) is 74.6 Å². The number of ether oxygens (including phenoxy) is 1. The Bertz CT molecular complexity index is 2250. The number of hydrogen-bond acceptors (Lipinski definition) is 7. The lowest BCUT2D eigenvalue weighted by molar-refractivity contribution is -0.148. The average Bonchev–Trinajstić information content (AvgIpc) is 3.98. The first-order valence-electron chi connectivity index (χ1n) is 19.9. The second-order valence-corrected chi connectivity index (χ2v) is 17.5. The van der Waals surface area contributed by atoms with Crippen LogP contribution in [-0.2, 0) is 31.4 Å². The molecule has 0 radical (unpaired) electrons. The van der Waals surface area contributed by atoms with Crippen LogP contribution in [0.15, 0.2) is 48.7 Å². The highest BCUT2D eigenvalue weighted by Gasteiger charge is 2.57. The number of likely N-dealkylation sites (tertiary alicyclic amines) is 1. The van der Waals surface area contributed by atoms with E-state index in [0.717, 1.165) is 94.5 Å². The molecule has 57 heavy (non-hydrogen) atoms. The third kappa shape index (κ3) is 7.71. The number of aliphatic carboxylic acids is 1. The molecular formula is C44H49Cl2FN6O4. The molecule has 1 amide bonds. The van der Waals surface area contributed by atoms with Gasteiger partial charge in [0.15, 0.2) is 5.82 Å². The maximum Gasteiger partial charge on any atom is 0.309 e. The van der Waals surface area contributed by atoms with Crippen molar-refractivity contribution in [3.63, 3.8) is 0 Å². The molecule has 4 aromatic rings. The number of imidazole rings is 1. The zero-order valence-corrected chi connectivity index (χ0v) is 34.2. The van der Waals surface area contributed by atoms with Gasteiger partial charge in [0, 0.05) is 74.3 Å². The second-order valence-electron chi connectivity index (χ2n) is 16.8. The van der Waals surface area contributed by atoms with Crippen molar-refractivity contribution in [3.8, 4) is 16.9 Å². The molecule has 2 aromatic heterocycles. The molecule has 2 aromatic carbocycles. The fourth-order valence-electron chi connectivity index (χ4n) is 9.74. The van der Waals surface area contributed by atoms with E-state index < -0.39 is 17.2 Å². The molecule has 2 aliphatic carbocycles. The number of halogens is 3. The summed E-state index contributed by atoms with van der Waals surface area (Å²) in [5.74, 6) is -0.0429. The van der Waals surface area contributed by atoms with E-state index >= 15 is 4.39 Å². The number of aromatic nitrogens is 3. The maximum absolute atomic E-state index is 15.8. The van der Waals surface area contributed by atoms with E-state index in [1.807, 2.05) is 17.7 Å². The lowest BCUT2D eigenvalue weighted by atomic mass is 9.80. The fourth-order valence-corrected chi connectivity index (χ4v) is 10.3. The Morgan fingerprint density at radius 1 is 1.07 bits per heavy atom. The largest absolute Gasteiger partial charge is 0.496 e. The molecule has 2 bridgehead atoms. The van der Waals surface area contributed by atoms with E-state index in [0.29, 0.717) is 63.0 Å². The number of carboxylic acids is 1. The van der Waals surface area contributed by atoms with Gasteiger partial charge in [-0.05, 0) is 87.1 Å². The monoisotopic (exact) mass is 814 g/mol. The number of rotatable bonds is 12. The Balaban J connectivity index is 0.949. The highest BCUT2D eigenvalue weighted by Crippen LogP contribution is 2.63. The molecule has 4 heterocycles. The summed E-state index contributed by atoms with van der Waals surface area (Å²) < 4.78 is 23.3. The van der Waals surface area contributed by atoms with Gasteiger partial charge in [-0.25, -0.2) is 9.37 Å². The number of methoxy groups -OCH3 is 1. The van der Waals surface area contributed by atoms with E-state index in [-0.39, 0.29) is 17.0 Å². The molecular weight excluding hydrogens is 766 g/mol. The van der Waals surface area contributed by atoms with Crippen LogP contribution < -0.4 is 10.1 Å². The van der Waals surface area contributed by atoms with Gasteiger partial charge in [0.1, 0.15) is 17.3 Å². The molecule has 0 spiro atoms. The Hall–Kier alpha value is -4.29. The summed E-state index contributed by atoms with van der Waals surface area (Å²) in [5, 5.41) is 13.4. The van der Waals surface area contributed by atoms with Crippen LogP contribution in [0.3, 0.4) is 0 Å². The molecule has 10 nitrogen and oxygen atoms in total. The van der Waals surface area contributed by atoms with Gasteiger partial charge in [-0.1, -0.05) is 60.5 Å². The summed E-state index contributed by atoms with van der Waals surface area (Å²) in [7, 11) is 3.44. The predicted molar refractivity (Wildman–Crippen MR) is 221 cm³/mol. The van der Waals surface area contributed by atoms with Crippen molar-refractivity contribution in [3.05, 3.63) is 92.7 Å². The minimum absolute atomic E-state index is 0.130. The van der Waals surface area contributed by atoms with Gasteiger partial charge in [-0.3, -0.25) is 24.4 Å². The number of anilines is 1. The van der Waals surface area contributed by atoms with Crippen LogP contribution in [0, 0.1) is 16.7 Å². The summed E-state index contributed by atoms with van der Waals surface area (Å²) in [4.78, 5) is 39.6. The SMILES string of the molecule is COc1cc(/C(F)=C/c2cccc(-c3cccc(NC(=O)c4nc5c(n4C)CCN(CCC46CCC(C(=O)O)(CC4)C6)C5)c3Cl)c2Cl)ncc1CN1CC[C@H](C)C1. The first-order valence-corrected chi connectivity index (χ1v) is 20.6. The molecule has 2 N–H and O–H groups in total. The zero-order valence-electron chi connectivity index (χ0n) is 32.7. The van der Waals surface area contributed by atoms with E-state index in [9.17, 15) is 14.7 Å². The Morgan fingerprint density at radius 2 is 1.82 bits per heavy atom. The van der Waals surface area contributed by atoms with E-state index in [4.69, 9.17) is 32.9 Å². The topological polar surface area (TPSA) is 113 Å². The summed E-state index contributed by atoms with van der Waals surface area (Å²) in [6.07, 6.45) is 10.3. The average molecular weight is 816 g/mol. The molecule has 1 saturated heterocycles. The number of nitrogens with zero attached hydrogens (tertiary/aromatic N) is 5. The Kier molecular flexibility index (Phi) is 11.0. The van der Waals surface area contributed by atoms with Gasteiger partial charge in [-0.15, -0.1) is 0 Å². The van der Waals surface area contributed by atoms with E-state index in [1.165, 1.54) is 6.08 Å². The van der Waals surface area contributed by atoms with Crippen molar-refractivity contribution < 1.29 is 23.8 Å². The highest BCUT2D eigenvalue weighted by molar-refractivity contribution is 6.39. The molecule has 13 heteroatoms. The summed E-state index contributed by atoms with van der Waals surface area (Å²) in [6.45, 7) is 7.36. The molecule has 4 aliphatic rings. The van der Waals surface area contributed by atoms with E-state index in [2.05, 4.69) is 27.0 Å². The molecule has 2 saturated carbocycles. The lowest BCUT2D eigenvalue weighted by Crippen LogP contribution is -2.34. The Labute approximate surface area is 343 Å². The van der Waals surface area contributed by atoms with Crippen molar-refractivity contribution in [2.45, 2.75) is 71.4 Å². The molecule has 0 unspecified atom stereocenters. The van der Waals surface area contributed by atoms with Crippen LogP contribution in [0.1, 0.15) is 90.7 Å². The molecule has 2 aliphatic heterocycles. The minimum atomic E-state index is -0.630.